The highest BCUT2D eigenvalue weighted by molar-refractivity contribution is 4.87. The lowest BCUT2D eigenvalue weighted by Gasteiger charge is -1.82. The summed E-state index contributed by atoms with van der Waals surface area (Å²) in [7, 11) is 3.15. The van der Waals surface area contributed by atoms with Crippen LogP contribution in [-0.2, 0) is 9.47 Å². The van der Waals surface area contributed by atoms with Crippen molar-refractivity contribution >= 4 is 0 Å². The lowest BCUT2D eigenvalue weighted by Crippen LogP contribution is -1.86. The standard InChI is InChI=1S/C7H12.C3H7FO.C3H5F.C3H8O.CH2F2/c1-3-5-7-6-4-2;1-5-3-2-4;1-2-3-4;1-3-4-2;2-1-3/h3,6-7H,1,4-5H2,2H3;2-3H2,1H3;2H,1,3H2;3H2,1-2H3;1H2. The van der Waals surface area contributed by atoms with Crippen LogP contribution in [0, 0.1) is 0 Å². The summed E-state index contributed by atoms with van der Waals surface area (Å²) >= 11 is 0. The SMILES string of the molecule is C=CCC=CCC.C=CCF.CCOC.COCCF.FCF. The Labute approximate surface area is 139 Å². The van der Waals surface area contributed by atoms with E-state index in [4.69, 9.17) is 0 Å². The van der Waals surface area contributed by atoms with Crippen LogP contribution >= 0.6 is 0 Å². The van der Waals surface area contributed by atoms with E-state index < -0.39 is 13.6 Å². The number of allylic oxidation sites excluding steroid dienone is 4. The number of alkyl halides is 4. The number of methoxy groups -OCH3 is 2. The van der Waals surface area contributed by atoms with Crippen molar-refractivity contribution in [3.8, 4) is 0 Å². The van der Waals surface area contributed by atoms with Crippen LogP contribution in [0.4, 0.5) is 17.6 Å². The van der Waals surface area contributed by atoms with Gasteiger partial charge in [0.25, 0.3) is 0 Å². The molecule has 0 fully saturated rings. The normalized spacial score (nSPS) is 8.00. The van der Waals surface area contributed by atoms with Crippen molar-refractivity contribution < 1.29 is 27.0 Å². The molecule has 23 heavy (non-hydrogen) atoms. The van der Waals surface area contributed by atoms with Gasteiger partial charge in [0.05, 0.1) is 6.61 Å². The molecule has 0 bridgehead atoms. The summed E-state index contributed by atoms with van der Waals surface area (Å²) in [6.07, 6.45) is 9.50. The molecule has 0 heterocycles. The fraction of sp³-hybridized carbons (Fsp3) is 0.647. The molecule has 0 radical (unpaired) electrons. The van der Waals surface area contributed by atoms with E-state index in [9.17, 15) is 17.6 Å². The van der Waals surface area contributed by atoms with E-state index in [1.807, 2.05) is 13.0 Å². The fourth-order valence-electron chi connectivity index (χ4n) is 0.436. The average Bonchev–Trinajstić information content (AvgIpc) is 2.58. The molecule has 0 aliphatic heterocycles. The van der Waals surface area contributed by atoms with Gasteiger partial charge in [0.2, 0.25) is 6.93 Å². The molecule has 0 aromatic carbocycles. The Bertz CT molecular complexity index is 185. The molecule has 0 saturated heterocycles. The van der Waals surface area contributed by atoms with Crippen molar-refractivity contribution in [2.24, 2.45) is 0 Å². The molecule has 2 nitrogen and oxygen atoms in total. The zero-order valence-corrected chi connectivity index (χ0v) is 15.0. The lowest BCUT2D eigenvalue weighted by molar-refractivity contribution is 0.175. The van der Waals surface area contributed by atoms with E-state index in [0.717, 1.165) is 19.4 Å². The molecule has 0 amide bonds. The predicted molar refractivity (Wildman–Crippen MR) is 92.9 cm³/mol. The van der Waals surface area contributed by atoms with Gasteiger partial charge in [-0.3, -0.25) is 0 Å². The van der Waals surface area contributed by atoms with E-state index in [0.29, 0.717) is 0 Å². The van der Waals surface area contributed by atoms with Crippen LogP contribution in [0.3, 0.4) is 0 Å². The maximum Gasteiger partial charge on any atom is 0.229 e. The molecule has 142 valence electrons. The van der Waals surface area contributed by atoms with Gasteiger partial charge in [0, 0.05) is 20.8 Å². The highest BCUT2D eigenvalue weighted by Crippen LogP contribution is 1.84. The second-order valence-corrected chi connectivity index (χ2v) is 3.21. The third kappa shape index (κ3) is 158. The Morgan fingerprint density at radius 1 is 0.870 bits per heavy atom. The Morgan fingerprint density at radius 2 is 1.30 bits per heavy atom. The molecule has 0 spiro atoms. The maximum absolute atomic E-state index is 10.9. The second kappa shape index (κ2) is 58.5. The summed E-state index contributed by atoms with van der Waals surface area (Å²) in [4.78, 5) is 0. The van der Waals surface area contributed by atoms with Gasteiger partial charge in [-0.25, -0.2) is 17.6 Å². The summed E-state index contributed by atoms with van der Waals surface area (Å²) in [6.45, 7) is 9.26. The highest BCUT2D eigenvalue weighted by Gasteiger charge is 1.70. The molecule has 6 heteroatoms. The number of hydrogen-bond acceptors (Lipinski definition) is 2. The molecule has 0 atom stereocenters. The molecule has 0 saturated carbocycles. The molecule has 0 aromatic heterocycles. The van der Waals surface area contributed by atoms with E-state index in [2.05, 4.69) is 41.7 Å². The largest absolute Gasteiger partial charge is 0.385 e. The Morgan fingerprint density at radius 3 is 1.43 bits per heavy atom. The first-order valence-corrected chi connectivity index (χ1v) is 7.16. The van der Waals surface area contributed by atoms with Gasteiger partial charge in [-0.15, -0.1) is 13.2 Å². The van der Waals surface area contributed by atoms with E-state index in [-0.39, 0.29) is 13.3 Å². The lowest BCUT2D eigenvalue weighted by atomic mass is 10.3. The first-order chi connectivity index (χ1) is 11.1. The number of halogens is 4. The van der Waals surface area contributed by atoms with Gasteiger partial charge in [-0.2, -0.15) is 0 Å². The van der Waals surface area contributed by atoms with Crippen molar-refractivity contribution in [2.45, 2.75) is 26.7 Å². The second-order valence-electron chi connectivity index (χ2n) is 3.21. The van der Waals surface area contributed by atoms with Gasteiger partial charge in [-0.05, 0) is 19.8 Å². The quantitative estimate of drug-likeness (QED) is 0.428. The molecule has 0 aliphatic carbocycles. The number of rotatable bonds is 7. The molecule has 0 aliphatic rings. The van der Waals surface area contributed by atoms with Gasteiger partial charge in [0.15, 0.2) is 0 Å². The summed E-state index contributed by atoms with van der Waals surface area (Å²) in [5.41, 5.74) is 0. The van der Waals surface area contributed by atoms with E-state index in [1.54, 1.807) is 7.11 Å². The molecule has 0 unspecified atom stereocenters. The van der Waals surface area contributed by atoms with E-state index >= 15 is 0 Å². The summed E-state index contributed by atoms with van der Waals surface area (Å²) in [6, 6.07) is 0. The average molecular weight is 346 g/mol. The van der Waals surface area contributed by atoms with Gasteiger partial charge in [-0.1, -0.05) is 31.2 Å². The van der Waals surface area contributed by atoms with Crippen LogP contribution in [0.15, 0.2) is 37.5 Å². The smallest absolute Gasteiger partial charge is 0.229 e. The van der Waals surface area contributed by atoms with Crippen LogP contribution in [-0.4, -0.2) is 47.7 Å². The summed E-state index contributed by atoms with van der Waals surface area (Å²) in [5, 5.41) is 0. The molecule has 0 aromatic rings. The topological polar surface area (TPSA) is 18.5 Å². The third-order valence-electron chi connectivity index (χ3n) is 1.38. The summed E-state index contributed by atoms with van der Waals surface area (Å²) in [5.74, 6) is 0. The molecular weight excluding hydrogens is 312 g/mol. The van der Waals surface area contributed by atoms with Crippen LogP contribution in [0.1, 0.15) is 26.7 Å². The van der Waals surface area contributed by atoms with Crippen molar-refractivity contribution in [2.75, 3.05) is 47.7 Å². The van der Waals surface area contributed by atoms with Crippen molar-refractivity contribution in [1.82, 2.24) is 0 Å². The third-order valence-corrected chi connectivity index (χ3v) is 1.38. The minimum atomic E-state index is -1.75. The highest BCUT2D eigenvalue weighted by atomic mass is 19.3. The van der Waals surface area contributed by atoms with Gasteiger partial charge >= 0.3 is 0 Å². The zero-order chi connectivity index (χ0) is 19.2. The van der Waals surface area contributed by atoms with Crippen molar-refractivity contribution in [3.63, 3.8) is 0 Å². The minimum Gasteiger partial charge on any atom is -0.385 e. The van der Waals surface area contributed by atoms with Crippen molar-refractivity contribution in [1.29, 1.82) is 0 Å². The minimum absolute atomic E-state index is 0.222. The van der Waals surface area contributed by atoms with Crippen LogP contribution in [0.2, 0.25) is 0 Å². The van der Waals surface area contributed by atoms with Crippen molar-refractivity contribution in [3.05, 3.63) is 37.5 Å². The van der Waals surface area contributed by atoms with Gasteiger partial charge < -0.3 is 9.47 Å². The molecule has 0 N–H and O–H groups in total. The fourth-order valence-corrected chi connectivity index (χ4v) is 0.436. The molecule has 0 rings (SSSR count). The zero-order valence-electron chi connectivity index (χ0n) is 15.0. The Kier molecular flexibility index (Phi) is 85.1. The summed E-state index contributed by atoms with van der Waals surface area (Å²) < 4.78 is 49.6. The maximum atomic E-state index is 10.9. The van der Waals surface area contributed by atoms with Crippen LogP contribution in [0.5, 0.6) is 0 Å². The number of ether oxygens (including phenoxy) is 2. The predicted octanol–water partition coefficient (Wildman–Crippen LogP) is 5.81. The van der Waals surface area contributed by atoms with E-state index in [1.165, 1.54) is 13.2 Å². The number of hydrogen-bond donors (Lipinski definition) is 0. The first-order valence-electron chi connectivity index (χ1n) is 7.16. The van der Waals surface area contributed by atoms with Gasteiger partial charge in [0.1, 0.15) is 13.3 Å². The first kappa shape index (κ1) is 33.5. The Balaban J connectivity index is -0.0000000608. The Hall–Kier alpha value is -1.14. The van der Waals surface area contributed by atoms with Crippen LogP contribution in [0.25, 0.3) is 0 Å². The van der Waals surface area contributed by atoms with Crippen LogP contribution < -0.4 is 0 Å². The monoisotopic (exact) mass is 346 g/mol. The molecular formula is C17H34F4O2.